The van der Waals surface area contributed by atoms with E-state index in [0.717, 1.165) is 22.3 Å². The van der Waals surface area contributed by atoms with Gasteiger partial charge in [0.15, 0.2) is 0 Å². The van der Waals surface area contributed by atoms with Crippen molar-refractivity contribution in [3.8, 4) is 11.1 Å². The molecule has 0 saturated heterocycles. The molecule has 1 aliphatic carbocycles. The molecule has 0 fully saturated rings. The summed E-state index contributed by atoms with van der Waals surface area (Å²) in [7, 11) is 0. The van der Waals surface area contributed by atoms with E-state index in [1.807, 2.05) is 36.4 Å². The summed E-state index contributed by atoms with van der Waals surface area (Å²) in [4.78, 5) is 43.9. The third-order valence-electron chi connectivity index (χ3n) is 6.16. The molecule has 0 radical (unpaired) electrons. The van der Waals surface area contributed by atoms with Crippen LogP contribution in [0.4, 0.5) is 4.79 Å². The van der Waals surface area contributed by atoms with Gasteiger partial charge in [-0.1, -0.05) is 62.4 Å². The van der Waals surface area contributed by atoms with Crippen molar-refractivity contribution in [3.63, 3.8) is 0 Å². The van der Waals surface area contributed by atoms with Crippen molar-refractivity contribution in [2.24, 2.45) is 5.92 Å². The van der Waals surface area contributed by atoms with Crippen LogP contribution in [-0.4, -0.2) is 51.7 Å². The first-order valence-electron chi connectivity index (χ1n) is 11.5. The van der Waals surface area contributed by atoms with Crippen LogP contribution < -0.4 is 10.6 Å². The van der Waals surface area contributed by atoms with Crippen LogP contribution in [0.25, 0.3) is 11.1 Å². The summed E-state index contributed by atoms with van der Waals surface area (Å²) >= 11 is 0. The van der Waals surface area contributed by atoms with Gasteiger partial charge in [-0.05, 0) is 28.2 Å². The minimum Gasteiger partial charge on any atom is -0.480 e. The highest BCUT2D eigenvalue weighted by Gasteiger charge is 2.32. The second-order valence-corrected chi connectivity index (χ2v) is 8.87. The Morgan fingerprint density at radius 3 is 2.20 bits per heavy atom. The average Bonchev–Trinajstić information content (AvgIpc) is 3.46. The number of imidazole rings is 1. The fraction of sp³-hybridized carbons (Fsp3) is 0.308. The molecule has 1 aromatic heterocycles. The molecular weight excluding hydrogens is 448 g/mol. The molecule has 0 bridgehead atoms. The van der Waals surface area contributed by atoms with Crippen LogP contribution in [-0.2, 0) is 20.7 Å². The first-order chi connectivity index (χ1) is 16.8. The lowest BCUT2D eigenvalue weighted by Crippen LogP contribution is -2.54. The Kier molecular flexibility index (Phi) is 7.14. The molecule has 1 aliphatic rings. The highest BCUT2D eigenvalue weighted by molar-refractivity contribution is 5.89. The number of fused-ring (bicyclic) bond motifs is 3. The van der Waals surface area contributed by atoms with Gasteiger partial charge >= 0.3 is 12.1 Å². The van der Waals surface area contributed by atoms with Crippen molar-refractivity contribution < 1.29 is 24.2 Å². The number of ether oxygens (including phenoxy) is 1. The van der Waals surface area contributed by atoms with Crippen molar-refractivity contribution >= 4 is 18.0 Å². The number of carboxylic acid groups (broad SMARTS) is 1. The van der Waals surface area contributed by atoms with E-state index in [0.29, 0.717) is 5.69 Å². The van der Waals surface area contributed by atoms with Crippen LogP contribution >= 0.6 is 0 Å². The van der Waals surface area contributed by atoms with Crippen LogP contribution in [0.15, 0.2) is 61.1 Å². The Hall–Kier alpha value is -4.14. The number of H-pyrrole nitrogens is 1. The summed E-state index contributed by atoms with van der Waals surface area (Å²) in [6.07, 6.45) is 2.24. The minimum atomic E-state index is -1.18. The number of aromatic nitrogens is 2. The molecule has 0 spiro atoms. The molecule has 9 heteroatoms. The van der Waals surface area contributed by atoms with Gasteiger partial charge < -0.3 is 25.5 Å². The molecule has 0 saturated carbocycles. The lowest BCUT2D eigenvalue weighted by molar-refractivity contribution is -0.142. The van der Waals surface area contributed by atoms with E-state index in [-0.39, 0.29) is 24.9 Å². The second-order valence-electron chi connectivity index (χ2n) is 8.87. The van der Waals surface area contributed by atoms with Gasteiger partial charge in [0.2, 0.25) is 5.91 Å². The molecule has 1 heterocycles. The Bertz CT molecular complexity index is 1160. The monoisotopic (exact) mass is 476 g/mol. The number of rotatable bonds is 9. The Morgan fingerprint density at radius 2 is 1.66 bits per heavy atom. The van der Waals surface area contributed by atoms with E-state index in [1.165, 1.54) is 12.5 Å². The van der Waals surface area contributed by atoms with Crippen LogP contribution in [0.1, 0.15) is 36.6 Å². The summed E-state index contributed by atoms with van der Waals surface area (Å²) in [5, 5.41) is 14.6. The first-order valence-corrected chi connectivity index (χ1v) is 11.5. The van der Waals surface area contributed by atoms with E-state index in [9.17, 15) is 19.5 Å². The normalized spacial score (nSPS) is 14.0. The quantitative estimate of drug-likeness (QED) is 0.375. The summed E-state index contributed by atoms with van der Waals surface area (Å²) in [6, 6.07) is 13.9. The molecule has 35 heavy (non-hydrogen) atoms. The lowest BCUT2D eigenvalue weighted by Gasteiger charge is -2.24. The van der Waals surface area contributed by atoms with Gasteiger partial charge in [-0.2, -0.15) is 0 Å². The lowest BCUT2D eigenvalue weighted by atomic mass is 9.98. The predicted molar refractivity (Wildman–Crippen MR) is 129 cm³/mol. The second kappa shape index (κ2) is 10.4. The van der Waals surface area contributed by atoms with Crippen LogP contribution in [0, 0.1) is 5.92 Å². The number of hydrogen-bond donors (Lipinski definition) is 4. The summed E-state index contributed by atoms with van der Waals surface area (Å²) in [5.41, 5.74) is 4.98. The van der Waals surface area contributed by atoms with Crippen LogP contribution in [0.5, 0.6) is 0 Å². The number of carboxylic acids is 1. The van der Waals surface area contributed by atoms with Crippen molar-refractivity contribution in [1.29, 1.82) is 0 Å². The number of amides is 2. The SMILES string of the molecule is CC(C)[C@H](NC(=O)OCC1c2ccccc2-c2ccccc21)C(=O)NC(Cc1cnc[nH]1)C(=O)O. The van der Waals surface area contributed by atoms with Crippen molar-refractivity contribution in [2.45, 2.75) is 38.3 Å². The van der Waals surface area contributed by atoms with Crippen LogP contribution in [0.2, 0.25) is 0 Å². The third-order valence-corrected chi connectivity index (χ3v) is 6.16. The van der Waals surface area contributed by atoms with E-state index in [4.69, 9.17) is 4.74 Å². The molecular formula is C26H28N4O5. The number of aliphatic carboxylic acids is 1. The summed E-state index contributed by atoms with van der Waals surface area (Å²) in [5.74, 6) is -2.18. The highest BCUT2D eigenvalue weighted by Crippen LogP contribution is 2.44. The van der Waals surface area contributed by atoms with Gasteiger partial charge in [-0.25, -0.2) is 14.6 Å². The number of nitrogens with one attached hydrogen (secondary N) is 3. The molecule has 4 N–H and O–H groups in total. The Labute approximate surface area is 202 Å². The number of nitrogens with zero attached hydrogens (tertiary/aromatic N) is 1. The minimum absolute atomic E-state index is 0.0385. The predicted octanol–water partition coefficient (Wildman–Crippen LogP) is 3.08. The number of benzene rings is 2. The fourth-order valence-corrected chi connectivity index (χ4v) is 4.38. The number of alkyl carbamates (subject to hydrolysis) is 1. The molecule has 2 atom stereocenters. The van der Waals surface area contributed by atoms with E-state index in [1.54, 1.807) is 13.8 Å². The van der Waals surface area contributed by atoms with Crippen molar-refractivity contribution in [3.05, 3.63) is 77.9 Å². The average molecular weight is 477 g/mol. The van der Waals surface area contributed by atoms with Gasteiger partial charge in [0.25, 0.3) is 0 Å². The highest BCUT2D eigenvalue weighted by atomic mass is 16.5. The Balaban J connectivity index is 1.39. The van der Waals surface area contributed by atoms with Crippen molar-refractivity contribution in [1.82, 2.24) is 20.6 Å². The topological polar surface area (TPSA) is 133 Å². The van der Waals surface area contributed by atoms with Crippen LogP contribution in [0.3, 0.4) is 0 Å². The number of aromatic amines is 1. The molecule has 9 nitrogen and oxygen atoms in total. The van der Waals surface area contributed by atoms with E-state index < -0.39 is 30.1 Å². The van der Waals surface area contributed by atoms with Gasteiger partial charge in [0, 0.05) is 24.2 Å². The molecule has 182 valence electrons. The summed E-state index contributed by atoms with van der Waals surface area (Å²) < 4.78 is 5.55. The zero-order chi connectivity index (χ0) is 24.9. The zero-order valence-corrected chi connectivity index (χ0v) is 19.5. The Morgan fingerprint density at radius 1 is 1.03 bits per heavy atom. The largest absolute Gasteiger partial charge is 0.480 e. The molecule has 4 rings (SSSR count). The number of carbonyl (C=O) groups excluding carboxylic acids is 2. The molecule has 1 unspecified atom stereocenters. The molecule has 2 amide bonds. The van der Waals surface area contributed by atoms with Gasteiger partial charge in [0.1, 0.15) is 18.7 Å². The zero-order valence-electron chi connectivity index (χ0n) is 19.5. The smallest absolute Gasteiger partial charge is 0.407 e. The number of hydrogen-bond acceptors (Lipinski definition) is 5. The fourth-order valence-electron chi connectivity index (χ4n) is 4.38. The molecule has 0 aliphatic heterocycles. The third kappa shape index (κ3) is 5.34. The summed E-state index contributed by atoms with van der Waals surface area (Å²) in [6.45, 7) is 3.64. The van der Waals surface area contributed by atoms with Gasteiger partial charge in [-0.15, -0.1) is 0 Å². The first kappa shape index (κ1) is 24.0. The standard InChI is InChI=1S/C26H28N4O5/c1-15(2)23(24(31)29-22(25(32)33)11-16-12-27-14-28-16)30-26(34)35-13-21-19-9-5-3-7-17(19)18-8-4-6-10-20(18)21/h3-10,12,14-15,21-23H,11,13H2,1-2H3,(H,27,28)(H,29,31)(H,30,34)(H,32,33)/t22?,23-/m0/s1. The maximum absolute atomic E-state index is 12.9. The molecule has 3 aromatic rings. The van der Waals surface area contributed by atoms with E-state index in [2.05, 4.69) is 32.7 Å². The number of carbonyl (C=O) groups is 3. The van der Waals surface area contributed by atoms with Gasteiger partial charge in [0.05, 0.1) is 6.33 Å². The maximum atomic E-state index is 12.9. The van der Waals surface area contributed by atoms with Gasteiger partial charge in [-0.3, -0.25) is 4.79 Å². The van der Waals surface area contributed by atoms with E-state index >= 15 is 0 Å². The molecule has 2 aromatic carbocycles. The maximum Gasteiger partial charge on any atom is 0.407 e. The van der Waals surface area contributed by atoms with Crippen molar-refractivity contribution in [2.75, 3.05) is 6.61 Å².